The predicted octanol–water partition coefficient (Wildman–Crippen LogP) is 1.55. The van der Waals surface area contributed by atoms with E-state index in [0.29, 0.717) is 0 Å². The zero-order valence-electron chi connectivity index (χ0n) is 8.48. The summed E-state index contributed by atoms with van der Waals surface area (Å²) >= 11 is 0. The molecule has 16 heavy (non-hydrogen) atoms. The molecule has 2 nitrogen and oxygen atoms in total. The van der Waals surface area contributed by atoms with E-state index in [2.05, 4.69) is 0 Å². The van der Waals surface area contributed by atoms with E-state index < -0.39 is 26.1 Å². The molecule has 1 rings (SSSR count). The summed E-state index contributed by atoms with van der Waals surface area (Å²) in [6.07, 6.45) is -5.27. The van der Waals surface area contributed by atoms with Crippen molar-refractivity contribution in [1.82, 2.24) is 9.80 Å². The van der Waals surface area contributed by atoms with E-state index >= 15 is 0 Å². The average molecular weight is 249 g/mol. The molecule has 1 saturated heterocycles. The molecule has 0 spiro atoms. The van der Waals surface area contributed by atoms with Crippen LogP contribution < -0.4 is 0 Å². The van der Waals surface area contributed by atoms with Crippen molar-refractivity contribution < 1.29 is 26.1 Å². The smallest absolute Gasteiger partial charge is 0.448 e. The molecule has 96 valence electrons. The molecule has 9 heteroatoms. The molecular weight excluding hydrogens is 237 g/mol. The van der Waals surface area contributed by atoms with E-state index in [9.17, 15) is 26.1 Å². The van der Waals surface area contributed by atoms with Gasteiger partial charge in [0.15, 0.2) is 0 Å². The van der Waals surface area contributed by atoms with Crippen molar-refractivity contribution in [3.05, 3.63) is 0 Å². The highest BCUT2D eigenvalue weighted by Gasteiger charge is 2.33. The van der Waals surface area contributed by atoms with E-state index in [4.69, 9.17) is 0 Å². The summed E-state index contributed by atoms with van der Waals surface area (Å²) in [6, 6.07) is 0. The lowest BCUT2D eigenvalue weighted by molar-refractivity contribution is -0.149. The number of nitrogens with zero attached hydrogens (tertiary/aromatic N) is 2. The molecule has 1 aliphatic heterocycles. The molecule has 1 heterocycles. The van der Waals surface area contributed by atoms with Gasteiger partial charge in [0.2, 0.25) is 0 Å². The van der Waals surface area contributed by atoms with Gasteiger partial charge < -0.3 is 17.8 Å². The third-order valence-corrected chi connectivity index (χ3v) is 2.33. The molecule has 1 fully saturated rings. The van der Waals surface area contributed by atoms with Crippen molar-refractivity contribution in [2.24, 2.45) is 0 Å². The van der Waals surface area contributed by atoms with Crippen LogP contribution in [0, 0.1) is 0 Å². The van der Waals surface area contributed by atoms with Crippen molar-refractivity contribution >= 4 is 6.98 Å². The van der Waals surface area contributed by atoms with Gasteiger partial charge in [0.25, 0.3) is 0 Å². The molecule has 0 aromatic carbocycles. The Bertz CT molecular complexity index is 196. The number of hydrogen-bond acceptors (Lipinski definition) is 2. The van der Waals surface area contributed by atoms with Crippen LogP contribution in [0.25, 0.3) is 0 Å². The van der Waals surface area contributed by atoms with Crippen LogP contribution in [-0.2, 0) is 0 Å². The first-order valence-electron chi connectivity index (χ1n) is 4.88. The third-order valence-electron chi connectivity index (χ3n) is 2.33. The Morgan fingerprint density at radius 2 is 1.31 bits per heavy atom. The maximum absolute atomic E-state index is 12.0. The van der Waals surface area contributed by atoms with Gasteiger partial charge in [0.1, 0.15) is 0 Å². The Balaban J connectivity index is 2.29. The Hall–Kier alpha value is -0.435. The number of rotatable bonds is 3. The lowest BCUT2D eigenvalue weighted by Crippen LogP contribution is -2.52. The Labute approximate surface area is 89.2 Å². The van der Waals surface area contributed by atoms with Crippen molar-refractivity contribution in [1.29, 1.82) is 0 Å². The molecular formula is C7H12BF6N2-. The molecule has 1 aliphatic rings. The first-order chi connectivity index (χ1) is 7.16. The largest absolute Gasteiger partial charge is 0.492 e. The summed E-state index contributed by atoms with van der Waals surface area (Å²) in [5, 5.41) is 0. The molecule has 0 amide bonds. The van der Waals surface area contributed by atoms with Crippen molar-refractivity contribution in [3.63, 3.8) is 0 Å². The van der Waals surface area contributed by atoms with E-state index in [1.807, 2.05) is 0 Å². The summed E-state index contributed by atoms with van der Waals surface area (Å²) in [5.41, 5.74) is 0. The summed E-state index contributed by atoms with van der Waals surface area (Å²) in [4.78, 5) is 2.27. The molecule has 0 radical (unpaired) electrons. The van der Waals surface area contributed by atoms with E-state index in [0.717, 1.165) is 9.80 Å². The van der Waals surface area contributed by atoms with Crippen molar-refractivity contribution in [2.75, 3.05) is 39.2 Å². The fourth-order valence-corrected chi connectivity index (χ4v) is 1.68. The minimum Gasteiger partial charge on any atom is -0.448 e. The molecule has 0 unspecified atom stereocenters. The van der Waals surface area contributed by atoms with Crippen LogP contribution in [-0.4, -0.2) is 62.1 Å². The fourth-order valence-electron chi connectivity index (χ4n) is 1.68. The topological polar surface area (TPSA) is 6.48 Å². The number of hydrogen-bond donors (Lipinski definition) is 0. The minimum absolute atomic E-state index is 0.0334. The lowest BCUT2D eigenvalue weighted by atomic mass is 9.91. The predicted molar refractivity (Wildman–Crippen MR) is 48.0 cm³/mol. The van der Waals surface area contributed by atoms with Crippen LogP contribution in [0.5, 0.6) is 0 Å². The monoisotopic (exact) mass is 249 g/mol. The molecule has 0 N–H and O–H groups in total. The molecule has 0 aromatic rings. The maximum Gasteiger partial charge on any atom is 0.492 e. The lowest BCUT2D eigenvalue weighted by Gasteiger charge is -2.37. The van der Waals surface area contributed by atoms with Crippen LogP contribution in [0.15, 0.2) is 0 Å². The zero-order valence-corrected chi connectivity index (χ0v) is 8.48. The van der Waals surface area contributed by atoms with Gasteiger partial charge >= 0.3 is 13.2 Å². The van der Waals surface area contributed by atoms with Gasteiger partial charge in [-0.15, -0.1) is 0 Å². The molecule has 0 saturated carbocycles. The first kappa shape index (κ1) is 13.6. The minimum atomic E-state index is -4.89. The number of piperazine rings is 1. The summed E-state index contributed by atoms with van der Waals surface area (Å²) in [7, 11) is 0. The van der Waals surface area contributed by atoms with Crippen LogP contribution in [0.3, 0.4) is 0 Å². The second-order valence-electron chi connectivity index (χ2n) is 3.90. The van der Waals surface area contributed by atoms with Gasteiger partial charge in [-0.1, -0.05) is 0 Å². The van der Waals surface area contributed by atoms with Crippen LogP contribution >= 0.6 is 0 Å². The number of halogens is 6. The van der Waals surface area contributed by atoms with Crippen molar-refractivity contribution in [3.8, 4) is 0 Å². The molecule has 0 aliphatic carbocycles. The van der Waals surface area contributed by atoms with Crippen LogP contribution in [0.2, 0.25) is 0 Å². The van der Waals surface area contributed by atoms with E-state index in [1.54, 1.807) is 0 Å². The van der Waals surface area contributed by atoms with Gasteiger partial charge in [-0.25, -0.2) is 0 Å². The SMILES string of the molecule is F[B-](F)(F)CN1CCN(CC(F)(F)F)CC1. The quantitative estimate of drug-likeness (QED) is 0.553. The molecule has 0 bridgehead atoms. The van der Waals surface area contributed by atoms with Crippen molar-refractivity contribution in [2.45, 2.75) is 6.18 Å². The Morgan fingerprint density at radius 1 is 0.875 bits per heavy atom. The van der Waals surface area contributed by atoms with Crippen LogP contribution in [0.1, 0.15) is 0 Å². The van der Waals surface area contributed by atoms with Gasteiger partial charge in [0, 0.05) is 26.2 Å². The molecule has 0 atom stereocenters. The summed E-state index contributed by atoms with van der Waals surface area (Å²) in [5.74, 6) is 0. The summed E-state index contributed by atoms with van der Waals surface area (Å²) in [6.45, 7) is -5.79. The van der Waals surface area contributed by atoms with Gasteiger partial charge in [-0.05, 0) is 6.44 Å². The van der Waals surface area contributed by atoms with E-state index in [-0.39, 0.29) is 26.2 Å². The normalized spacial score (nSPS) is 21.4. The molecule has 0 aromatic heterocycles. The Morgan fingerprint density at radius 3 is 1.69 bits per heavy atom. The fraction of sp³-hybridized carbons (Fsp3) is 1.00. The highest BCUT2D eigenvalue weighted by atomic mass is 19.4. The van der Waals surface area contributed by atoms with E-state index in [1.165, 1.54) is 0 Å². The average Bonchev–Trinajstić information content (AvgIpc) is 2.03. The van der Waals surface area contributed by atoms with Crippen LogP contribution in [0.4, 0.5) is 26.1 Å². The highest BCUT2D eigenvalue weighted by molar-refractivity contribution is 6.58. The number of alkyl halides is 3. The van der Waals surface area contributed by atoms with Gasteiger partial charge in [-0.2, -0.15) is 13.2 Å². The third kappa shape index (κ3) is 5.59. The Kier molecular flexibility index (Phi) is 4.11. The zero-order chi connectivity index (χ0) is 12.4. The maximum atomic E-state index is 12.0. The highest BCUT2D eigenvalue weighted by Crippen LogP contribution is 2.18. The van der Waals surface area contributed by atoms with Gasteiger partial charge in [-0.3, -0.25) is 4.90 Å². The first-order valence-corrected chi connectivity index (χ1v) is 4.88. The summed E-state index contributed by atoms with van der Waals surface area (Å²) < 4.78 is 72.0. The second kappa shape index (κ2) is 4.83. The second-order valence-corrected chi connectivity index (χ2v) is 3.90. The van der Waals surface area contributed by atoms with Gasteiger partial charge in [0.05, 0.1) is 6.54 Å². The standard InChI is InChI=1S/C7H12BF6N2/c9-7(10,11)5-15-1-3-16(4-2-15)6-8(12,13)14/h1-6H2/q-1.